The standard InChI is InChI=1S/C24H18F4N4O2S.H2O3S/c1-2-29-22(34)20(32-21(33)13-3-7-16(8-4-13)24(26,27)28)23-31-17-9-5-14(11-18(17)35-23)15-6-10-19(25)30-12-15;1-4(2)3/h3-12,20H,2H2,1H3,(H,29,34)(H,32,33);(H2,1,2,3). The summed E-state index contributed by atoms with van der Waals surface area (Å²) in [5.41, 5.74) is 1.14. The van der Waals surface area contributed by atoms with E-state index in [1.54, 1.807) is 25.1 Å². The summed E-state index contributed by atoms with van der Waals surface area (Å²) in [6.45, 7) is 2.02. The van der Waals surface area contributed by atoms with Gasteiger partial charge in [-0.05, 0) is 61.0 Å². The highest BCUT2D eigenvalue weighted by Gasteiger charge is 2.31. The third-order valence-electron chi connectivity index (χ3n) is 5.08. The van der Waals surface area contributed by atoms with Crippen LogP contribution in [0.3, 0.4) is 0 Å². The summed E-state index contributed by atoms with van der Waals surface area (Å²) in [5.74, 6) is -1.81. The first-order chi connectivity index (χ1) is 18.4. The molecule has 4 rings (SSSR count). The zero-order chi connectivity index (χ0) is 28.7. The molecule has 15 heteroatoms. The molecule has 2 aromatic heterocycles. The van der Waals surface area contributed by atoms with Gasteiger partial charge in [-0.2, -0.15) is 21.8 Å². The molecule has 2 amide bonds. The highest BCUT2D eigenvalue weighted by molar-refractivity contribution is 7.73. The van der Waals surface area contributed by atoms with Crippen molar-refractivity contribution in [3.8, 4) is 11.1 Å². The van der Waals surface area contributed by atoms with Gasteiger partial charge in [-0.25, -0.2) is 9.97 Å². The lowest BCUT2D eigenvalue weighted by Gasteiger charge is -2.16. The van der Waals surface area contributed by atoms with Crippen molar-refractivity contribution in [3.05, 3.63) is 82.9 Å². The highest BCUT2D eigenvalue weighted by atomic mass is 32.2. The zero-order valence-electron chi connectivity index (χ0n) is 19.9. The number of fused-ring (bicyclic) bond motifs is 1. The minimum absolute atomic E-state index is 0.0282. The second kappa shape index (κ2) is 12.8. The minimum Gasteiger partial charge on any atom is -0.354 e. The maximum atomic E-state index is 13.1. The number of hydrogen-bond donors (Lipinski definition) is 4. The largest absolute Gasteiger partial charge is 0.416 e. The predicted molar refractivity (Wildman–Crippen MR) is 137 cm³/mol. The van der Waals surface area contributed by atoms with E-state index in [0.29, 0.717) is 22.6 Å². The fourth-order valence-corrected chi connectivity index (χ4v) is 4.39. The topological polar surface area (TPSA) is 142 Å². The Bertz CT molecular complexity index is 1470. The van der Waals surface area contributed by atoms with Crippen LogP contribution in [0, 0.1) is 5.95 Å². The fraction of sp³-hybridized carbons (Fsp3) is 0.167. The first-order valence-electron chi connectivity index (χ1n) is 11.0. The highest BCUT2D eigenvalue weighted by Crippen LogP contribution is 2.32. The number of pyridine rings is 1. The number of rotatable bonds is 6. The quantitative estimate of drug-likeness (QED) is 0.145. The van der Waals surface area contributed by atoms with Gasteiger partial charge in [-0.3, -0.25) is 18.7 Å². The number of thiazole rings is 1. The van der Waals surface area contributed by atoms with E-state index in [1.807, 2.05) is 6.07 Å². The van der Waals surface area contributed by atoms with Crippen LogP contribution in [-0.4, -0.2) is 41.6 Å². The van der Waals surface area contributed by atoms with Crippen molar-refractivity contribution >= 4 is 44.7 Å². The number of nitrogens with one attached hydrogen (secondary N) is 2. The van der Waals surface area contributed by atoms with Crippen LogP contribution in [-0.2, 0) is 22.3 Å². The lowest BCUT2D eigenvalue weighted by atomic mass is 10.1. The van der Waals surface area contributed by atoms with Crippen LogP contribution >= 0.6 is 11.3 Å². The smallest absolute Gasteiger partial charge is 0.354 e. The van der Waals surface area contributed by atoms with Crippen molar-refractivity contribution in [2.45, 2.75) is 19.1 Å². The minimum atomic E-state index is -4.53. The second-order valence-electron chi connectivity index (χ2n) is 7.71. The van der Waals surface area contributed by atoms with Gasteiger partial charge in [0.15, 0.2) is 6.04 Å². The normalized spacial score (nSPS) is 12.0. The van der Waals surface area contributed by atoms with Crippen LogP contribution in [0.2, 0.25) is 0 Å². The van der Waals surface area contributed by atoms with Gasteiger partial charge in [-0.15, -0.1) is 11.3 Å². The van der Waals surface area contributed by atoms with E-state index in [2.05, 4.69) is 20.6 Å². The maximum absolute atomic E-state index is 13.1. The molecule has 9 nitrogen and oxygen atoms in total. The summed E-state index contributed by atoms with van der Waals surface area (Å²) in [6, 6.07) is 10.7. The second-order valence-corrected chi connectivity index (χ2v) is 9.23. The van der Waals surface area contributed by atoms with Crippen LogP contribution in [0.4, 0.5) is 17.6 Å². The Hall–Kier alpha value is -3.79. The zero-order valence-corrected chi connectivity index (χ0v) is 21.5. The molecule has 0 spiro atoms. The molecule has 1 unspecified atom stereocenters. The molecule has 0 bridgehead atoms. The van der Waals surface area contributed by atoms with Gasteiger partial charge in [0.2, 0.25) is 11.9 Å². The number of amides is 2. The van der Waals surface area contributed by atoms with E-state index < -0.39 is 46.9 Å². The molecule has 0 aliphatic rings. The molecule has 4 aromatic rings. The van der Waals surface area contributed by atoms with Gasteiger partial charge in [0, 0.05) is 23.9 Å². The van der Waals surface area contributed by atoms with Crippen molar-refractivity contribution in [1.82, 2.24) is 20.6 Å². The van der Waals surface area contributed by atoms with Crippen molar-refractivity contribution in [1.29, 1.82) is 0 Å². The Labute approximate surface area is 225 Å². The number of alkyl halides is 3. The maximum Gasteiger partial charge on any atom is 0.416 e. The monoisotopic (exact) mass is 584 g/mol. The fourth-order valence-electron chi connectivity index (χ4n) is 3.33. The molecule has 4 N–H and O–H groups in total. The molecule has 0 aliphatic carbocycles. The summed E-state index contributed by atoms with van der Waals surface area (Å²) >= 11 is -1.43. The molecule has 2 heterocycles. The first-order valence-corrected chi connectivity index (χ1v) is 12.8. The number of carbonyl (C=O) groups is 2. The van der Waals surface area contributed by atoms with Crippen molar-refractivity contribution in [3.63, 3.8) is 0 Å². The summed E-state index contributed by atoms with van der Waals surface area (Å²) in [6.07, 6.45) is -3.12. The molecule has 0 radical (unpaired) electrons. The summed E-state index contributed by atoms with van der Waals surface area (Å²) < 4.78 is 75.2. The summed E-state index contributed by atoms with van der Waals surface area (Å²) in [7, 11) is 0. The van der Waals surface area contributed by atoms with E-state index in [9.17, 15) is 27.2 Å². The lowest BCUT2D eigenvalue weighted by Crippen LogP contribution is -2.40. The van der Waals surface area contributed by atoms with Gasteiger partial charge in [0.25, 0.3) is 17.3 Å². The van der Waals surface area contributed by atoms with Crippen LogP contribution < -0.4 is 10.6 Å². The van der Waals surface area contributed by atoms with Gasteiger partial charge < -0.3 is 10.6 Å². The van der Waals surface area contributed by atoms with E-state index >= 15 is 0 Å². The van der Waals surface area contributed by atoms with Crippen molar-refractivity contribution in [2.24, 2.45) is 0 Å². The molecular weight excluding hydrogens is 564 g/mol. The van der Waals surface area contributed by atoms with Gasteiger partial charge in [0.1, 0.15) is 5.01 Å². The molecular formula is C24H20F4N4O5S2. The Balaban J connectivity index is 0.000000983. The molecule has 0 saturated carbocycles. The molecule has 39 heavy (non-hydrogen) atoms. The lowest BCUT2D eigenvalue weighted by molar-refractivity contribution is -0.137. The van der Waals surface area contributed by atoms with Gasteiger partial charge in [0.05, 0.1) is 15.8 Å². The molecule has 0 fully saturated rings. The average Bonchev–Trinajstić information content (AvgIpc) is 3.30. The van der Waals surface area contributed by atoms with E-state index in [-0.39, 0.29) is 5.56 Å². The first kappa shape index (κ1) is 29.8. The molecule has 206 valence electrons. The number of benzene rings is 2. The third kappa shape index (κ3) is 8.10. The molecule has 1 atom stereocenters. The van der Waals surface area contributed by atoms with Crippen molar-refractivity contribution < 1.29 is 40.5 Å². The van der Waals surface area contributed by atoms with E-state index in [0.717, 1.165) is 34.5 Å². The number of halogens is 4. The van der Waals surface area contributed by atoms with E-state index in [1.165, 1.54) is 23.6 Å². The Morgan fingerprint density at radius 1 is 1.05 bits per heavy atom. The average molecular weight is 585 g/mol. The Morgan fingerprint density at radius 3 is 2.26 bits per heavy atom. The predicted octanol–water partition coefficient (Wildman–Crippen LogP) is 4.80. The van der Waals surface area contributed by atoms with Gasteiger partial charge >= 0.3 is 6.18 Å². The summed E-state index contributed by atoms with van der Waals surface area (Å²) in [5, 5.41) is 5.51. The van der Waals surface area contributed by atoms with Crippen LogP contribution in [0.25, 0.3) is 21.3 Å². The molecule has 2 aromatic carbocycles. The van der Waals surface area contributed by atoms with E-state index in [4.69, 9.17) is 13.3 Å². The third-order valence-corrected chi connectivity index (χ3v) is 6.16. The van der Waals surface area contributed by atoms with Crippen molar-refractivity contribution in [2.75, 3.05) is 6.54 Å². The summed E-state index contributed by atoms with van der Waals surface area (Å²) in [4.78, 5) is 33.6. The van der Waals surface area contributed by atoms with Crippen LogP contribution in [0.1, 0.15) is 33.9 Å². The number of likely N-dealkylation sites (N-methyl/N-ethyl adjacent to an activating group) is 1. The Morgan fingerprint density at radius 2 is 1.69 bits per heavy atom. The number of carbonyl (C=O) groups excluding carboxylic acids is 2. The molecule has 0 aliphatic heterocycles. The SMILES string of the molecule is CCNC(=O)C(NC(=O)c1ccc(C(F)(F)F)cc1)c1nc2ccc(-c3ccc(F)nc3)cc2s1.O=S(O)O. The number of aromatic nitrogens is 2. The molecule has 0 saturated heterocycles. The van der Waals surface area contributed by atoms with Crippen LogP contribution in [0.5, 0.6) is 0 Å². The number of hydrogen-bond acceptors (Lipinski definition) is 6. The Kier molecular flexibility index (Phi) is 9.80. The number of nitrogens with zero attached hydrogens (tertiary/aromatic N) is 2. The van der Waals surface area contributed by atoms with Crippen LogP contribution in [0.15, 0.2) is 60.8 Å². The van der Waals surface area contributed by atoms with Gasteiger partial charge in [-0.1, -0.05) is 6.07 Å².